The lowest BCUT2D eigenvalue weighted by Crippen LogP contribution is -2.27. The zero-order valence-corrected chi connectivity index (χ0v) is 10.5. The first-order chi connectivity index (χ1) is 8.34. The van der Waals surface area contributed by atoms with Crippen LogP contribution < -0.4 is 10.5 Å². The Bertz CT molecular complexity index is 359. The first-order valence-corrected chi connectivity index (χ1v) is 5.84. The van der Waals surface area contributed by atoms with E-state index in [1.54, 1.807) is 12.1 Å². The first-order valence-electron chi connectivity index (χ1n) is 5.84. The highest BCUT2D eigenvalue weighted by molar-refractivity contribution is 5.30. The van der Waals surface area contributed by atoms with Gasteiger partial charge in [0, 0.05) is 6.54 Å². The van der Waals surface area contributed by atoms with Crippen LogP contribution in [-0.2, 0) is 0 Å². The van der Waals surface area contributed by atoms with Crippen LogP contribution in [-0.4, -0.2) is 19.3 Å². The Morgan fingerprint density at radius 2 is 1.72 bits per heavy atom. The summed E-state index contributed by atoms with van der Waals surface area (Å²) in [6.07, 6.45) is -4.31. The fourth-order valence-corrected chi connectivity index (χ4v) is 1.52. The van der Waals surface area contributed by atoms with Gasteiger partial charge < -0.3 is 10.5 Å². The van der Waals surface area contributed by atoms with Crippen molar-refractivity contribution in [3.8, 4) is 5.75 Å². The highest BCUT2D eigenvalue weighted by atomic mass is 19.4. The lowest BCUT2D eigenvalue weighted by molar-refractivity contribution is -0.148. The van der Waals surface area contributed by atoms with Gasteiger partial charge in [0.1, 0.15) is 5.75 Å². The Morgan fingerprint density at radius 1 is 1.17 bits per heavy atom. The SMILES string of the molecule is CC(C)COc1ccc(C(CN)C(F)(F)F)cc1. The number of benzene rings is 1. The number of rotatable bonds is 5. The first kappa shape index (κ1) is 14.8. The van der Waals surface area contributed by atoms with Crippen LogP contribution in [0.5, 0.6) is 5.75 Å². The maximum atomic E-state index is 12.6. The maximum Gasteiger partial charge on any atom is 0.396 e. The van der Waals surface area contributed by atoms with Gasteiger partial charge in [-0.3, -0.25) is 0 Å². The second-order valence-electron chi connectivity index (χ2n) is 4.60. The molecule has 18 heavy (non-hydrogen) atoms. The predicted octanol–water partition coefficient (Wildman–Crippen LogP) is 3.33. The Labute approximate surface area is 105 Å². The molecule has 1 aromatic rings. The molecular formula is C13H18F3NO. The fraction of sp³-hybridized carbons (Fsp3) is 0.538. The van der Waals surface area contributed by atoms with E-state index in [1.165, 1.54) is 12.1 Å². The normalized spacial score (nSPS) is 13.7. The summed E-state index contributed by atoms with van der Waals surface area (Å²) in [6, 6.07) is 5.93. The van der Waals surface area contributed by atoms with Crippen molar-refractivity contribution in [3.63, 3.8) is 0 Å². The van der Waals surface area contributed by atoms with Crippen molar-refractivity contribution < 1.29 is 17.9 Å². The van der Waals surface area contributed by atoms with Crippen LogP contribution in [0.4, 0.5) is 13.2 Å². The molecule has 0 saturated carbocycles. The lowest BCUT2D eigenvalue weighted by Gasteiger charge is -2.19. The van der Waals surface area contributed by atoms with E-state index in [2.05, 4.69) is 0 Å². The summed E-state index contributed by atoms with van der Waals surface area (Å²) in [5.74, 6) is -0.668. The van der Waals surface area contributed by atoms with Gasteiger partial charge in [-0.2, -0.15) is 13.2 Å². The van der Waals surface area contributed by atoms with E-state index in [0.717, 1.165) is 0 Å². The number of hydrogen-bond donors (Lipinski definition) is 1. The minimum Gasteiger partial charge on any atom is -0.493 e. The van der Waals surface area contributed by atoms with E-state index < -0.39 is 18.6 Å². The van der Waals surface area contributed by atoms with Crippen LogP contribution in [0.1, 0.15) is 25.3 Å². The molecule has 5 heteroatoms. The minimum absolute atomic E-state index is 0.168. The lowest BCUT2D eigenvalue weighted by atomic mass is 9.99. The quantitative estimate of drug-likeness (QED) is 0.882. The Morgan fingerprint density at radius 3 is 2.11 bits per heavy atom. The summed E-state index contributed by atoms with van der Waals surface area (Å²) in [5, 5.41) is 0. The van der Waals surface area contributed by atoms with Crippen molar-refractivity contribution in [2.45, 2.75) is 25.9 Å². The van der Waals surface area contributed by atoms with Crippen molar-refractivity contribution in [1.82, 2.24) is 0 Å². The second-order valence-corrected chi connectivity index (χ2v) is 4.60. The highest BCUT2D eigenvalue weighted by Gasteiger charge is 2.39. The third kappa shape index (κ3) is 4.22. The van der Waals surface area contributed by atoms with Gasteiger partial charge in [0.2, 0.25) is 0 Å². The van der Waals surface area contributed by atoms with E-state index in [0.29, 0.717) is 18.3 Å². The van der Waals surface area contributed by atoms with Crippen LogP contribution in [0.2, 0.25) is 0 Å². The second kappa shape index (κ2) is 6.09. The Balaban J connectivity index is 2.75. The van der Waals surface area contributed by atoms with Gasteiger partial charge in [-0.05, 0) is 23.6 Å². The number of hydrogen-bond acceptors (Lipinski definition) is 2. The van der Waals surface area contributed by atoms with Crippen LogP contribution in [0.25, 0.3) is 0 Å². The molecule has 1 unspecified atom stereocenters. The van der Waals surface area contributed by atoms with Crippen LogP contribution in [0.3, 0.4) is 0 Å². The molecule has 2 nitrogen and oxygen atoms in total. The van der Waals surface area contributed by atoms with Crippen molar-refractivity contribution >= 4 is 0 Å². The van der Waals surface area contributed by atoms with Crippen LogP contribution >= 0.6 is 0 Å². The number of alkyl halides is 3. The van der Waals surface area contributed by atoms with Crippen LogP contribution in [0, 0.1) is 5.92 Å². The molecule has 0 bridgehead atoms. The molecule has 0 fully saturated rings. The van der Waals surface area contributed by atoms with E-state index in [1.807, 2.05) is 13.8 Å². The average Bonchev–Trinajstić information content (AvgIpc) is 2.27. The molecule has 0 aliphatic rings. The molecule has 0 spiro atoms. The molecule has 0 radical (unpaired) electrons. The smallest absolute Gasteiger partial charge is 0.396 e. The van der Waals surface area contributed by atoms with E-state index >= 15 is 0 Å². The van der Waals surface area contributed by atoms with Gasteiger partial charge in [0.15, 0.2) is 0 Å². The molecule has 0 saturated heterocycles. The van der Waals surface area contributed by atoms with E-state index in [9.17, 15) is 13.2 Å². The zero-order valence-electron chi connectivity index (χ0n) is 10.5. The van der Waals surface area contributed by atoms with Crippen molar-refractivity contribution in [2.75, 3.05) is 13.2 Å². The highest BCUT2D eigenvalue weighted by Crippen LogP contribution is 2.34. The molecule has 1 atom stereocenters. The average molecular weight is 261 g/mol. The molecule has 1 aromatic carbocycles. The summed E-state index contributed by atoms with van der Waals surface area (Å²) in [4.78, 5) is 0. The van der Waals surface area contributed by atoms with Gasteiger partial charge in [-0.15, -0.1) is 0 Å². The maximum absolute atomic E-state index is 12.6. The molecular weight excluding hydrogens is 243 g/mol. The molecule has 0 amide bonds. The molecule has 0 aliphatic heterocycles. The monoisotopic (exact) mass is 261 g/mol. The number of ether oxygens (including phenoxy) is 1. The molecule has 102 valence electrons. The topological polar surface area (TPSA) is 35.2 Å². The molecule has 0 aliphatic carbocycles. The third-order valence-corrected chi connectivity index (χ3v) is 2.50. The van der Waals surface area contributed by atoms with Crippen molar-refractivity contribution in [2.24, 2.45) is 11.7 Å². The van der Waals surface area contributed by atoms with Gasteiger partial charge in [0.05, 0.1) is 12.5 Å². The van der Waals surface area contributed by atoms with Crippen molar-refractivity contribution in [1.29, 1.82) is 0 Å². The Kier molecular flexibility index (Phi) is 5.02. The van der Waals surface area contributed by atoms with Crippen molar-refractivity contribution in [3.05, 3.63) is 29.8 Å². The molecule has 1 rings (SSSR count). The summed E-state index contributed by atoms with van der Waals surface area (Å²) in [6.45, 7) is 4.10. The fourth-order valence-electron chi connectivity index (χ4n) is 1.52. The third-order valence-electron chi connectivity index (χ3n) is 2.50. The van der Waals surface area contributed by atoms with Gasteiger partial charge in [0.25, 0.3) is 0 Å². The van der Waals surface area contributed by atoms with E-state index in [4.69, 9.17) is 10.5 Å². The summed E-state index contributed by atoms with van der Waals surface area (Å²) in [5.41, 5.74) is 5.34. The van der Waals surface area contributed by atoms with Gasteiger partial charge in [-0.25, -0.2) is 0 Å². The van der Waals surface area contributed by atoms with Gasteiger partial charge in [-0.1, -0.05) is 26.0 Å². The molecule has 2 N–H and O–H groups in total. The number of nitrogens with two attached hydrogens (primary N) is 1. The van der Waals surface area contributed by atoms with Crippen LogP contribution in [0.15, 0.2) is 24.3 Å². The molecule has 0 aromatic heterocycles. The van der Waals surface area contributed by atoms with E-state index in [-0.39, 0.29) is 5.56 Å². The van der Waals surface area contributed by atoms with Gasteiger partial charge >= 0.3 is 6.18 Å². The standard InChI is InChI=1S/C13H18F3NO/c1-9(2)8-18-11-5-3-10(4-6-11)12(7-17)13(14,15)16/h3-6,9,12H,7-8,17H2,1-2H3. The number of halogens is 3. The largest absolute Gasteiger partial charge is 0.493 e. The summed E-state index contributed by atoms with van der Waals surface area (Å²) in [7, 11) is 0. The minimum atomic E-state index is -4.31. The predicted molar refractivity (Wildman–Crippen MR) is 64.6 cm³/mol. The zero-order chi connectivity index (χ0) is 13.8. The molecule has 0 heterocycles. The summed E-state index contributed by atoms with van der Waals surface area (Å²) >= 11 is 0. The Hall–Kier alpha value is -1.23. The summed E-state index contributed by atoms with van der Waals surface area (Å²) < 4.78 is 43.4.